The summed E-state index contributed by atoms with van der Waals surface area (Å²) < 4.78 is 53.5. The smallest absolute Gasteiger partial charge is 0.406 e. The topological polar surface area (TPSA) is 35.2 Å². The van der Waals surface area contributed by atoms with E-state index >= 15 is 0 Å². The summed E-state index contributed by atoms with van der Waals surface area (Å²) in [5, 5.41) is 0. The molecule has 0 aromatic heterocycles. The number of hydrogen-bond donors (Lipinski definition) is 1. The van der Waals surface area contributed by atoms with Gasteiger partial charge in [-0.05, 0) is 47.9 Å². The van der Waals surface area contributed by atoms with Crippen LogP contribution in [0.1, 0.15) is 18.5 Å². The predicted molar refractivity (Wildman–Crippen MR) is 71.1 cm³/mol. The molecule has 0 heterocycles. The normalized spacial score (nSPS) is 13.0. The van der Waals surface area contributed by atoms with Gasteiger partial charge in [-0.25, -0.2) is 4.39 Å². The Morgan fingerprint density at radius 2 is 1.67 bits per heavy atom. The molecule has 0 fully saturated rings. The molecule has 0 bridgehead atoms. The second-order valence-electron chi connectivity index (χ2n) is 4.59. The lowest BCUT2D eigenvalue weighted by molar-refractivity contribution is -0.274. The lowest BCUT2D eigenvalue weighted by Crippen LogP contribution is -2.16. The van der Waals surface area contributed by atoms with Gasteiger partial charge in [-0.3, -0.25) is 0 Å². The summed E-state index contributed by atoms with van der Waals surface area (Å²) in [6.07, 6.45) is -4.74. The molecular formula is C15H13F4NO. The zero-order valence-corrected chi connectivity index (χ0v) is 11.1. The number of halogens is 4. The number of nitrogens with two attached hydrogens (primary N) is 1. The molecule has 0 amide bonds. The number of benzene rings is 2. The van der Waals surface area contributed by atoms with E-state index in [1.807, 2.05) is 0 Å². The van der Waals surface area contributed by atoms with Crippen LogP contribution in [0.4, 0.5) is 17.6 Å². The van der Waals surface area contributed by atoms with Gasteiger partial charge in [-0.2, -0.15) is 0 Å². The number of alkyl halides is 3. The quantitative estimate of drug-likeness (QED) is 0.852. The van der Waals surface area contributed by atoms with E-state index in [0.717, 1.165) is 0 Å². The molecule has 1 atom stereocenters. The first-order chi connectivity index (χ1) is 9.76. The van der Waals surface area contributed by atoms with Crippen molar-refractivity contribution in [1.29, 1.82) is 0 Å². The van der Waals surface area contributed by atoms with Crippen LogP contribution in [0.15, 0.2) is 42.5 Å². The van der Waals surface area contributed by atoms with Gasteiger partial charge in [0, 0.05) is 6.04 Å². The van der Waals surface area contributed by atoms with Gasteiger partial charge in [0.15, 0.2) is 0 Å². The van der Waals surface area contributed by atoms with Gasteiger partial charge in [0.2, 0.25) is 0 Å². The molecule has 2 nitrogen and oxygen atoms in total. The van der Waals surface area contributed by atoms with E-state index in [1.165, 1.54) is 36.4 Å². The number of hydrogen-bond acceptors (Lipinski definition) is 2. The zero-order chi connectivity index (χ0) is 15.6. The summed E-state index contributed by atoms with van der Waals surface area (Å²) in [6, 6.07) is 9.06. The van der Waals surface area contributed by atoms with E-state index < -0.39 is 12.2 Å². The van der Waals surface area contributed by atoms with Crippen LogP contribution in [0.2, 0.25) is 0 Å². The number of ether oxygens (including phenoxy) is 1. The standard InChI is InChI=1S/C15H13F4NO/c1-9(20)13-7-4-11(16)8-14(13)10-2-5-12(6-3-10)21-15(17,18)19/h2-9H,20H2,1H3. The Balaban J connectivity index is 2.37. The molecule has 0 aliphatic heterocycles. The lowest BCUT2D eigenvalue weighted by atomic mass is 9.96. The summed E-state index contributed by atoms with van der Waals surface area (Å²) in [5.41, 5.74) is 7.64. The maximum Gasteiger partial charge on any atom is 0.573 e. The van der Waals surface area contributed by atoms with Crippen LogP contribution in [0, 0.1) is 5.82 Å². The summed E-state index contributed by atoms with van der Waals surface area (Å²) in [6.45, 7) is 1.75. The predicted octanol–water partition coefficient (Wildman–Crippen LogP) is 4.41. The minimum absolute atomic E-state index is 0.327. The Hall–Kier alpha value is -2.08. The van der Waals surface area contributed by atoms with Crippen LogP contribution < -0.4 is 10.5 Å². The van der Waals surface area contributed by atoms with E-state index in [-0.39, 0.29) is 11.8 Å². The summed E-state index contributed by atoms with van der Waals surface area (Å²) >= 11 is 0. The molecule has 2 aromatic rings. The van der Waals surface area contributed by atoms with Gasteiger partial charge in [0.25, 0.3) is 0 Å². The van der Waals surface area contributed by atoms with Crippen LogP contribution in [0.3, 0.4) is 0 Å². The van der Waals surface area contributed by atoms with Gasteiger partial charge in [-0.1, -0.05) is 18.2 Å². The van der Waals surface area contributed by atoms with Crippen molar-refractivity contribution in [2.75, 3.05) is 0 Å². The van der Waals surface area contributed by atoms with E-state index in [1.54, 1.807) is 13.0 Å². The minimum atomic E-state index is -4.74. The third-order valence-corrected chi connectivity index (χ3v) is 2.90. The molecule has 21 heavy (non-hydrogen) atoms. The molecule has 0 radical (unpaired) electrons. The number of rotatable bonds is 3. The van der Waals surface area contributed by atoms with Gasteiger partial charge in [-0.15, -0.1) is 13.2 Å². The van der Waals surface area contributed by atoms with Crippen molar-refractivity contribution in [2.45, 2.75) is 19.3 Å². The van der Waals surface area contributed by atoms with Crippen LogP contribution in [0.5, 0.6) is 5.75 Å². The van der Waals surface area contributed by atoms with Gasteiger partial charge in [0.05, 0.1) is 0 Å². The third kappa shape index (κ3) is 3.95. The monoisotopic (exact) mass is 299 g/mol. The van der Waals surface area contributed by atoms with Crippen molar-refractivity contribution in [3.05, 3.63) is 53.8 Å². The Labute approximate surface area is 119 Å². The molecule has 0 saturated heterocycles. The highest BCUT2D eigenvalue weighted by Crippen LogP contribution is 2.31. The van der Waals surface area contributed by atoms with Crippen molar-refractivity contribution in [2.24, 2.45) is 5.73 Å². The molecule has 0 saturated carbocycles. The van der Waals surface area contributed by atoms with E-state index in [4.69, 9.17) is 5.73 Å². The molecular weight excluding hydrogens is 286 g/mol. The highest BCUT2D eigenvalue weighted by Gasteiger charge is 2.31. The van der Waals surface area contributed by atoms with Gasteiger partial charge >= 0.3 is 6.36 Å². The molecule has 1 unspecified atom stereocenters. The molecule has 0 aliphatic carbocycles. The van der Waals surface area contributed by atoms with Crippen LogP contribution in [0.25, 0.3) is 11.1 Å². The molecule has 2 rings (SSSR count). The third-order valence-electron chi connectivity index (χ3n) is 2.90. The molecule has 2 N–H and O–H groups in total. The summed E-state index contributed by atoms with van der Waals surface area (Å²) in [7, 11) is 0. The Kier molecular flexibility index (Phi) is 4.18. The van der Waals surface area contributed by atoms with E-state index in [2.05, 4.69) is 4.74 Å². The van der Waals surface area contributed by atoms with Crippen molar-refractivity contribution < 1.29 is 22.3 Å². The Bertz CT molecular complexity index is 621. The Morgan fingerprint density at radius 1 is 1.05 bits per heavy atom. The second-order valence-corrected chi connectivity index (χ2v) is 4.59. The zero-order valence-electron chi connectivity index (χ0n) is 11.1. The fraction of sp³-hybridized carbons (Fsp3) is 0.200. The average molecular weight is 299 g/mol. The van der Waals surface area contributed by atoms with Gasteiger partial charge in [0.1, 0.15) is 11.6 Å². The molecule has 0 aliphatic rings. The van der Waals surface area contributed by atoms with Crippen LogP contribution in [-0.4, -0.2) is 6.36 Å². The SMILES string of the molecule is CC(N)c1ccc(F)cc1-c1ccc(OC(F)(F)F)cc1. The maximum atomic E-state index is 13.4. The lowest BCUT2D eigenvalue weighted by Gasteiger charge is -2.14. The fourth-order valence-corrected chi connectivity index (χ4v) is 2.01. The first-order valence-corrected chi connectivity index (χ1v) is 6.17. The van der Waals surface area contributed by atoms with E-state index in [0.29, 0.717) is 16.7 Å². The highest BCUT2D eigenvalue weighted by atomic mass is 19.4. The van der Waals surface area contributed by atoms with Crippen molar-refractivity contribution in [1.82, 2.24) is 0 Å². The maximum absolute atomic E-state index is 13.4. The van der Waals surface area contributed by atoms with Gasteiger partial charge < -0.3 is 10.5 Å². The molecule has 0 spiro atoms. The van der Waals surface area contributed by atoms with Crippen LogP contribution in [-0.2, 0) is 0 Å². The highest BCUT2D eigenvalue weighted by molar-refractivity contribution is 5.68. The largest absolute Gasteiger partial charge is 0.573 e. The summed E-state index contributed by atoms with van der Waals surface area (Å²) in [5.74, 6) is -0.769. The average Bonchev–Trinajstić information content (AvgIpc) is 2.37. The molecule has 112 valence electrons. The molecule has 2 aromatic carbocycles. The first kappa shape index (κ1) is 15.3. The minimum Gasteiger partial charge on any atom is -0.406 e. The summed E-state index contributed by atoms with van der Waals surface area (Å²) in [4.78, 5) is 0. The molecule has 6 heteroatoms. The van der Waals surface area contributed by atoms with Crippen molar-refractivity contribution in [3.8, 4) is 16.9 Å². The van der Waals surface area contributed by atoms with Crippen LogP contribution >= 0.6 is 0 Å². The Morgan fingerprint density at radius 3 is 2.19 bits per heavy atom. The fourth-order valence-electron chi connectivity index (χ4n) is 2.01. The second kappa shape index (κ2) is 5.73. The van der Waals surface area contributed by atoms with E-state index in [9.17, 15) is 17.6 Å². The van der Waals surface area contributed by atoms with Crippen molar-refractivity contribution in [3.63, 3.8) is 0 Å². The van der Waals surface area contributed by atoms with Crippen molar-refractivity contribution >= 4 is 0 Å². The first-order valence-electron chi connectivity index (χ1n) is 6.17.